The average Bonchev–Trinajstić information content (AvgIpc) is 2.67. The first-order chi connectivity index (χ1) is 13.8. The topological polar surface area (TPSA) is 79.5 Å². The van der Waals surface area contributed by atoms with Gasteiger partial charge in [-0.25, -0.2) is 9.18 Å². The summed E-state index contributed by atoms with van der Waals surface area (Å²) in [5.41, 5.74) is 1.99. The second-order valence-electron chi connectivity index (χ2n) is 7.64. The molecule has 152 valence electrons. The maximum Gasteiger partial charge on any atom is 0.319 e. The van der Waals surface area contributed by atoms with E-state index >= 15 is 0 Å². The molecule has 3 N–H and O–H groups in total. The van der Waals surface area contributed by atoms with Crippen LogP contribution in [0.2, 0.25) is 5.02 Å². The number of benzene rings is 2. The molecule has 4 rings (SSSR count). The quantitative estimate of drug-likeness (QED) is 0.682. The van der Waals surface area contributed by atoms with E-state index in [0.717, 1.165) is 11.1 Å². The van der Waals surface area contributed by atoms with Crippen molar-refractivity contribution in [2.24, 2.45) is 0 Å². The van der Waals surface area contributed by atoms with Crippen molar-refractivity contribution in [1.29, 1.82) is 0 Å². The van der Waals surface area contributed by atoms with Gasteiger partial charge in [0.05, 0.1) is 6.04 Å². The van der Waals surface area contributed by atoms with Crippen molar-refractivity contribution < 1.29 is 18.7 Å². The fourth-order valence-electron chi connectivity index (χ4n) is 3.72. The number of aryl methyl sites for hydroxylation is 1. The minimum absolute atomic E-state index is 0.0397. The number of carbonyl (C=O) groups is 2. The normalized spacial score (nSPS) is 22.6. The number of rotatable bonds is 3. The zero-order chi connectivity index (χ0) is 20.6. The highest BCUT2D eigenvalue weighted by atomic mass is 35.5. The fourth-order valence-corrected chi connectivity index (χ4v) is 3.88. The monoisotopic (exact) mass is 417 g/mol. The number of amides is 3. The third-order valence-electron chi connectivity index (χ3n) is 5.19. The lowest BCUT2D eigenvalue weighted by atomic mass is 9.89. The SMILES string of the molecule is C[C@@]1(CF)C[C@@H](NC(=O)Nc2ccc3c(c2)NC(=O)CC3)c2ccc(Cl)cc2O1. The van der Waals surface area contributed by atoms with E-state index in [0.29, 0.717) is 35.0 Å². The molecule has 2 aliphatic heterocycles. The molecule has 0 bridgehead atoms. The molecule has 2 aromatic rings. The molecule has 2 aromatic carbocycles. The third kappa shape index (κ3) is 4.15. The number of halogens is 2. The van der Waals surface area contributed by atoms with Gasteiger partial charge in [0, 0.05) is 34.8 Å². The van der Waals surface area contributed by atoms with Crippen LogP contribution < -0.4 is 20.7 Å². The van der Waals surface area contributed by atoms with Crippen molar-refractivity contribution in [2.75, 3.05) is 17.3 Å². The van der Waals surface area contributed by atoms with Crippen molar-refractivity contribution in [1.82, 2.24) is 5.32 Å². The lowest BCUT2D eigenvalue weighted by Crippen LogP contribution is -2.45. The van der Waals surface area contributed by atoms with Crippen molar-refractivity contribution >= 4 is 34.9 Å². The van der Waals surface area contributed by atoms with E-state index in [1.54, 1.807) is 37.3 Å². The Labute approximate surface area is 172 Å². The number of anilines is 2. The van der Waals surface area contributed by atoms with Crippen LogP contribution in [0.15, 0.2) is 36.4 Å². The zero-order valence-corrected chi connectivity index (χ0v) is 16.6. The van der Waals surface area contributed by atoms with Crippen molar-refractivity contribution in [3.8, 4) is 5.75 Å². The number of ether oxygens (including phenoxy) is 1. The van der Waals surface area contributed by atoms with E-state index in [1.165, 1.54) is 0 Å². The maximum absolute atomic E-state index is 13.6. The fraction of sp³-hybridized carbons (Fsp3) is 0.333. The first kappa shape index (κ1) is 19.5. The first-order valence-electron chi connectivity index (χ1n) is 9.40. The summed E-state index contributed by atoms with van der Waals surface area (Å²) in [5.74, 6) is 0.424. The van der Waals surface area contributed by atoms with Crippen LogP contribution in [0, 0.1) is 0 Å². The summed E-state index contributed by atoms with van der Waals surface area (Å²) in [7, 11) is 0. The van der Waals surface area contributed by atoms with Gasteiger partial charge in [0.1, 0.15) is 18.0 Å². The highest BCUT2D eigenvalue weighted by molar-refractivity contribution is 6.30. The minimum atomic E-state index is -1.05. The second kappa shape index (κ2) is 7.55. The summed E-state index contributed by atoms with van der Waals surface area (Å²) >= 11 is 6.04. The molecule has 2 heterocycles. The summed E-state index contributed by atoms with van der Waals surface area (Å²) in [4.78, 5) is 24.2. The molecule has 0 saturated heterocycles. The Morgan fingerprint density at radius 3 is 2.93 bits per heavy atom. The molecule has 0 fully saturated rings. The van der Waals surface area contributed by atoms with Crippen LogP contribution in [0.1, 0.15) is 36.9 Å². The number of hydrogen-bond donors (Lipinski definition) is 3. The smallest absolute Gasteiger partial charge is 0.319 e. The van der Waals surface area contributed by atoms with Crippen LogP contribution in [0.25, 0.3) is 0 Å². The molecule has 6 nitrogen and oxygen atoms in total. The van der Waals surface area contributed by atoms with Crippen LogP contribution in [0.3, 0.4) is 0 Å². The van der Waals surface area contributed by atoms with Gasteiger partial charge in [-0.3, -0.25) is 4.79 Å². The molecule has 2 atom stereocenters. The predicted molar refractivity (Wildman–Crippen MR) is 109 cm³/mol. The van der Waals surface area contributed by atoms with Gasteiger partial charge in [0.15, 0.2) is 0 Å². The Bertz CT molecular complexity index is 984. The van der Waals surface area contributed by atoms with E-state index in [1.807, 2.05) is 6.07 Å². The number of alkyl halides is 1. The molecule has 29 heavy (non-hydrogen) atoms. The number of carbonyl (C=O) groups excluding carboxylic acids is 2. The third-order valence-corrected chi connectivity index (χ3v) is 5.43. The molecular weight excluding hydrogens is 397 g/mol. The number of urea groups is 1. The molecular formula is C21H21ClFN3O3. The molecule has 0 radical (unpaired) electrons. The number of nitrogens with one attached hydrogen (secondary N) is 3. The summed E-state index contributed by atoms with van der Waals surface area (Å²) in [5, 5.41) is 8.96. The largest absolute Gasteiger partial charge is 0.484 e. The summed E-state index contributed by atoms with van der Waals surface area (Å²) in [6, 6.07) is 9.65. The predicted octanol–water partition coefficient (Wildman–Crippen LogP) is 4.60. The molecule has 3 amide bonds. The molecule has 0 spiro atoms. The van der Waals surface area contributed by atoms with Crippen LogP contribution in [-0.2, 0) is 11.2 Å². The van der Waals surface area contributed by atoms with Gasteiger partial charge in [-0.2, -0.15) is 0 Å². The lowest BCUT2D eigenvalue weighted by molar-refractivity contribution is -0.116. The highest BCUT2D eigenvalue weighted by Gasteiger charge is 2.38. The summed E-state index contributed by atoms with van der Waals surface area (Å²) in [6.45, 7) is 0.971. The van der Waals surface area contributed by atoms with Gasteiger partial charge in [0.2, 0.25) is 5.91 Å². The Balaban J connectivity index is 1.51. The van der Waals surface area contributed by atoms with Gasteiger partial charge in [-0.05, 0) is 43.2 Å². The molecule has 0 aliphatic carbocycles. The highest BCUT2D eigenvalue weighted by Crippen LogP contribution is 2.41. The molecule has 0 unspecified atom stereocenters. The molecule has 8 heteroatoms. The summed E-state index contributed by atoms with van der Waals surface area (Å²) < 4.78 is 19.4. The van der Waals surface area contributed by atoms with E-state index in [2.05, 4.69) is 16.0 Å². The Hall–Kier alpha value is -2.80. The van der Waals surface area contributed by atoms with Crippen molar-refractivity contribution in [3.63, 3.8) is 0 Å². The Morgan fingerprint density at radius 1 is 1.31 bits per heavy atom. The Morgan fingerprint density at radius 2 is 2.14 bits per heavy atom. The van der Waals surface area contributed by atoms with Gasteiger partial charge in [0.25, 0.3) is 0 Å². The zero-order valence-electron chi connectivity index (χ0n) is 15.9. The Kier molecular flexibility index (Phi) is 5.08. The summed E-state index contributed by atoms with van der Waals surface area (Å²) in [6.07, 6.45) is 1.42. The van der Waals surface area contributed by atoms with Crippen LogP contribution in [0.5, 0.6) is 5.75 Å². The van der Waals surface area contributed by atoms with Gasteiger partial charge < -0.3 is 20.7 Å². The number of hydrogen-bond acceptors (Lipinski definition) is 3. The van der Waals surface area contributed by atoms with Gasteiger partial charge in [-0.15, -0.1) is 0 Å². The van der Waals surface area contributed by atoms with E-state index in [4.69, 9.17) is 16.3 Å². The molecule has 0 aromatic heterocycles. The van der Waals surface area contributed by atoms with Crippen molar-refractivity contribution in [3.05, 3.63) is 52.5 Å². The second-order valence-corrected chi connectivity index (χ2v) is 8.08. The van der Waals surface area contributed by atoms with Crippen LogP contribution in [0.4, 0.5) is 20.6 Å². The lowest BCUT2D eigenvalue weighted by Gasteiger charge is -2.38. The molecule has 2 aliphatic rings. The number of fused-ring (bicyclic) bond motifs is 2. The van der Waals surface area contributed by atoms with Crippen LogP contribution in [-0.4, -0.2) is 24.2 Å². The van der Waals surface area contributed by atoms with Crippen molar-refractivity contribution in [2.45, 2.75) is 37.8 Å². The first-order valence-corrected chi connectivity index (χ1v) is 9.78. The average molecular weight is 418 g/mol. The van der Waals surface area contributed by atoms with E-state index in [9.17, 15) is 14.0 Å². The van der Waals surface area contributed by atoms with E-state index in [-0.39, 0.29) is 12.3 Å². The standard InChI is InChI=1S/C21H21ClFN3O3/c1-21(11-23)10-17(15-6-4-13(22)8-18(15)29-21)26-20(28)24-14-5-2-12-3-7-19(27)25-16(12)9-14/h2,4-6,8-9,17H,3,7,10-11H2,1H3,(H,25,27)(H2,24,26,28)/t17-,21+/m1/s1. The molecule has 0 saturated carbocycles. The van der Waals surface area contributed by atoms with Crippen LogP contribution >= 0.6 is 11.6 Å². The minimum Gasteiger partial charge on any atom is -0.484 e. The van der Waals surface area contributed by atoms with Gasteiger partial charge in [-0.1, -0.05) is 23.7 Å². The maximum atomic E-state index is 13.6. The van der Waals surface area contributed by atoms with Gasteiger partial charge >= 0.3 is 6.03 Å². The van der Waals surface area contributed by atoms with E-state index < -0.39 is 24.3 Å².